The van der Waals surface area contributed by atoms with Crippen LogP contribution in [0.2, 0.25) is 0 Å². The van der Waals surface area contributed by atoms with E-state index in [0.717, 1.165) is 4.90 Å². The summed E-state index contributed by atoms with van der Waals surface area (Å²) in [4.78, 5) is 11.8. The first-order valence-corrected chi connectivity index (χ1v) is 5.70. The summed E-state index contributed by atoms with van der Waals surface area (Å²) in [7, 11) is 0. The summed E-state index contributed by atoms with van der Waals surface area (Å²) in [5, 5.41) is 18.6. The van der Waals surface area contributed by atoms with Crippen molar-refractivity contribution in [1.29, 1.82) is 0 Å². The fourth-order valence-electron chi connectivity index (χ4n) is 1.03. The SMILES string of the molecule is CC[C@](O)(CSc1ccccc1)C(=O)O. The second kappa shape index (κ2) is 5.19. The van der Waals surface area contributed by atoms with E-state index in [-0.39, 0.29) is 12.2 Å². The third-order valence-corrected chi connectivity index (χ3v) is 3.43. The highest BCUT2D eigenvalue weighted by Gasteiger charge is 2.33. The molecule has 0 saturated heterocycles. The normalized spacial score (nSPS) is 14.5. The summed E-state index contributed by atoms with van der Waals surface area (Å²) in [5.41, 5.74) is -1.62. The van der Waals surface area contributed by atoms with E-state index in [1.807, 2.05) is 30.3 Å². The minimum Gasteiger partial charge on any atom is -0.479 e. The van der Waals surface area contributed by atoms with Crippen molar-refractivity contribution in [2.24, 2.45) is 0 Å². The smallest absolute Gasteiger partial charge is 0.336 e. The second-order valence-electron chi connectivity index (χ2n) is 3.29. The maximum Gasteiger partial charge on any atom is 0.336 e. The van der Waals surface area contributed by atoms with Gasteiger partial charge < -0.3 is 10.2 Å². The Morgan fingerprint density at radius 3 is 2.47 bits per heavy atom. The Bertz CT molecular complexity index is 326. The van der Waals surface area contributed by atoms with E-state index in [2.05, 4.69) is 0 Å². The first-order valence-electron chi connectivity index (χ1n) is 4.72. The molecule has 15 heavy (non-hydrogen) atoms. The van der Waals surface area contributed by atoms with Crippen molar-refractivity contribution in [3.8, 4) is 0 Å². The Labute approximate surface area is 93.1 Å². The van der Waals surface area contributed by atoms with Gasteiger partial charge in [0.1, 0.15) is 0 Å². The third-order valence-electron chi connectivity index (χ3n) is 2.20. The van der Waals surface area contributed by atoms with E-state index in [9.17, 15) is 9.90 Å². The molecule has 1 atom stereocenters. The van der Waals surface area contributed by atoms with Gasteiger partial charge in [0.15, 0.2) is 5.60 Å². The summed E-state index contributed by atoms with van der Waals surface area (Å²) in [6.45, 7) is 1.67. The van der Waals surface area contributed by atoms with Crippen molar-refractivity contribution in [2.45, 2.75) is 23.8 Å². The fraction of sp³-hybridized carbons (Fsp3) is 0.364. The van der Waals surface area contributed by atoms with Crippen LogP contribution in [0.5, 0.6) is 0 Å². The zero-order valence-electron chi connectivity index (χ0n) is 8.51. The van der Waals surface area contributed by atoms with Crippen molar-refractivity contribution >= 4 is 17.7 Å². The Morgan fingerprint density at radius 1 is 1.40 bits per heavy atom. The molecule has 0 bridgehead atoms. The molecule has 4 heteroatoms. The van der Waals surface area contributed by atoms with E-state index in [1.165, 1.54) is 11.8 Å². The van der Waals surface area contributed by atoms with E-state index in [0.29, 0.717) is 0 Å². The molecule has 0 aliphatic heterocycles. The minimum absolute atomic E-state index is 0.169. The van der Waals surface area contributed by atoms with Crippen molar-refractivity contribution in [1.82, 2.24) is 0 Å². The molecular weight excluding hydrogens is 212 g/mol. The largest absolute Gasteiger partial charge is 0.479 e. The number of carboxylic acid groups (broad SMARTS) is 1. The van der Waals surface area contributed by atoms with E-state index < -0.39 is 11.6 Å². The molecule has 0 saturated carbocycles. The average molecular weight is 226 g/mol. The lowest BCUT2D eigenvalue weighted by Gasteiger charge is -2.20. The molecule has 0 aliphatic carbocycles. The number of rotatable bonds is 5. The van der Waals surface area contributed by atoms with Crippen molar-refractivity contribution < 1.29 is 15.0 Å². The van der Waals surface area contributed by atoms with Gasteiger partial charge in [-0.25, -0.2) is 4.79 Å². The fourth-order valence-corrected chi connectivity index (χ4v) is 2.12. The molecule has 0 fully saturated rings. The van der Waals surface area contributed by atoms with Gasteiger partial charge in [0.25, 0.3) is 0 Å². The predicted octanol–water partition coefficient (Wildman–Crippen LogP) is 2.00. The molecule has 0 aromatic heterocycles. The molecule has 0 amide bonds. The predicted molar refractivity (Wildman–Crippen MR) is 60.0 cm³/mol. The maximum atomic E-state index is 10.8. The molecule has 0 heterocycles. The summed E-state index contributed by atoms with van der Waals surface area (Å²) < 4.78 is 0. The first kappa shape index (κ1) is 12.1. The number of benzene rings is 1. The van der Waals surface area contributed by atoms with Gasteiger partial charge in [-0.2, -0.15) is 0 Å². The Hall–Kier alpha value is -1.00. The lowest BCUT2D eigenvalue weighted by molar-refractivity contribution is -0.156. The topological polar surface area (TPSA) is 57.5 Å². The highest BCUT2D eigenvalue weighted by Crippen LogP contribution is 2.24. The summed E-state index contributed by atoms with van der Waals surface area (Å²) in [6, 6.07) is 9.45. The lowest BCUT2D eigenvalue weighted by Crippen LogP contribution is -2.40. The molecule has 0 spiro atoms. The molecule has 2 N–H and O–H groups in total. The molecule has 1 aromatic rings. The molecule has 82 valence electrons. The zero-order valence-corrected chi connectivity index (χ0v) is 9.33. The van der Waals surface area contributed by atoms with Gasteiger partial charge in [-0.15, -0.1) is 11.8 Å². The number of hydrogen-bond donors (Lipinski definition) is 2. The van der Waals surface area contributed by atoms with Crippen LogP contribution in [0.1, 0.15) is 13.3 Å². The summed E-state index contributed by atoms with van der Waals surface area (Å²) in [5.74, 6) is -0.989. The minimum atomic E-state index is -1.62. The number of thioether (sulfide) groups is 1. The van der Waals surface area contributed by atoms with Gasteiger partial charge >= 0.3 is 5.97 Å². The summed E-state index contributed by atoms with van der Waals surface area (Å²) >= 11 is 1.35. The Morgan fingerprint density at radius 2 is 2.00 bits per heavy atom. The van der Waals surface area contributed by atoms with Crippen LogP contribution in [0.4, 0.5) is 0 Å². The standard InChI is InChI=1S/C11H14O3S/c1-2-11(14,10(12)13)8-15-9-6-4-3-5-7-9/h3-7,14H,2,8H2,1H3,(H,12,13)/t11-/m0/s1. The molecule has 0 aliphatic rings. The van der Waals surface area contributed by atoms with Crippen LogP contribution in [0, 0.1) is 0 Å². The highest BCUT2D eigenvalue weighted by atomic mass is 32.2. The first-order chi connectivity index (χ1) is 7.08. The van der Waals surface area contributed by atoms with Crippen molar-refractivity contribution in [3.05, 3.63) is 30.3 Å². The highest BCUT2D eigenvalue weighted by molar-refractivity contribution is 7.99. The van der Waals surface area contributed by atoms with Gasteiger partial charge in [-0.05, 0) is 18.6 Å². The summed E-state index contributed by atoms with van der Waals surface area (Å²) in [6.07, 6.45) is 0.210. The van der Waals surface area contributed by atoms with E-state index >= 15 is 0 Å². The molecule has 1 aromatic carbocycles. The number of carbonyl (C=O) groups is 1. The van der Waals surface area contributed by atoms with Crippen LogP contribution in [0.15, 0.2) is 35.2 Å². The van der Waals surface area contributed by atoms with Crippen molar-refractivity contribution in [2.75, 3.05) is 5.75 Å². The van der Waals surface area contributed by atoms with Gasteiger partial charge in [0, 0.05) is 10.6 Å². The van der Waals surface area contributed by atoms with Gasteiger partial charge in [0.2, 0.25) is 0 Å². The Kier molecular flexibility index (Phi) is 4.17. The molecule has 0 radical (unpaired) electrons. The number of aliphatic carboxylic acids is 1. The van der Waals surface area contributed by atoms with Crippen LogP contribution in [-0.2, 0) is 4.79 Å². The molecule has 1 rings (SSSR count). The van der Waals surface area contributed by atoms with Crippen LogP contribution < -0.4 is 0 Å². The van der Waals surface area contributed by atoms with Gasteiger partial charge in [0.05, 0.1) is 0 Å². The quantitative estimate of drug-likeness (QED) is 0.754. The molecular formula is C11H14O3S. The second-order valence-corrected chi connectivity index (χ2v) is 4.34. The van der Waals surface area contributed by atoms with Crippen LogP contribution >= 0.6 is 11.8 Å². The number of aliphatic hydroxyl groups is 1. The zero-order chi connectivity index (χ0) is 11.3. The van der Waals surface area contributed by atoms with Crippen LogP contribution in [-0.4, -0.2) is 27.5 Å². The number of hydrogen-bond acceptors (Lipinski definition) is 3. The van der Waals surface area contributed by atoms with Crippen molar-refractivity contribution in [3.63, 3.8) is 0 Å². The van der Waals surface area contributed by atoms with Crippen LogP contribution in [0.25, 0.3) is 0 Å². The molecule has 0 unspecified atom stereocenters. The van der Waals surface area contributed by atoms with Gasteiger partial charge in [-0.1, -0.05) is 25.1 Å². The maximum absolute atomic E-state index is 10.8. The van der Waals surface area contributed by atoms with E-state index in [1.54, 1.807) is 6.92 Å². The van der Waals surface area contributed by atoms with Crippen LogP contribution in [0.3, 0.4) is 0 Å². The average Bonchev–Trinajstić information content (AvgIpc) is 2.27. The molecule has 3 nitrogen and oxygen atoms in total. The lowest BCUT2D eigenvalue weighted by atomic mass is 10.0. The Balaban J connectivity index is 2.59. The van der Waals surface area contributed by atoms with Gasteiger partial charge in [-0.3, -0.25) is 0 Å². The monoisotopic (exact) mass is 226 g/mol. The number of carboxylic acids is 1. The van der Waals surface area contributed by atoms with E-state index in [4.69, 9.17) is 5.11 Å². The third kappa shape index (κ3) is 3.25.